The van der Waals surface area contributed by atoms with Crippen LogP contribution < -0.4 is 5.32 Å². The summed E-state index contributed by atoms with van der Waals surface area (Å²) in [7, 11) is 0. The Kier molecular flexibility index (Phi) is 3.61. The van der Waals surface area contributed by atoms with E-state index in [-0.39, 0.29) is 17.2 Å². The molecule has 2 fully saturated rings. The van der Waals surface area contributed by atoms with E-state index in [2.05, 4.69) is 5.32 Å². The Balaban J connectivity index is 2.22. The number of carbonyl (C=O) groups is 2. The molecule has 2 aliphatic heterocycles. The Labute approximate surface area is 108 Å². The Morgan fingerprint density at radius 1 is 1.44 bits per heavy atom. The number of aliphatic carboxylic acids is 1. The van der Waals surface area contributed by atoms with Gasteiger partial charge in [-0.3, -0.25) is 4.79 Å². The first-order valence-corrected chi connectivity index (χ1v) is 6.72. The zero-order chi connectivity index (χ0) is 13.3. The van der Waals surface area contributed by atoms with Crippen molar-refractivity contribution in [3.8, 4) is 0 Å². The highest BCUT2D eigenvalue weighted by Gasteiger charge is 2.48. The Morgan fingerprint density at radius 2 is 2.17 bits per heavy atom. The summed E-state index contributed by atoms with van der Waals surface area (Å²) in [6.45, 7) is 5.86. The van der Waals surface area contributed by atoms with Gasteiger partial charge in [-0.25, -0.2) is 4.79 Å². The summed E-state index contributed by atoms with van der Waals surface area (Å²) in [6.07, 6.45) is 2.64. The van der Waals surface area contributed by atoms with Gasteiger partial charge in [0.2, 0.25) is 5.91 Å². The summed E-state index contributed by atoms with van der Waals surface area (Å²) in [5.41, 5.74) is -0.332. The second-order valence-corrected chi connectivity index (χ2v) is 5.84. The van der Waals surface area contributed by atoms with Gasteiger partial charge in [0.1, 0.15) is 6.04 Å². The number of nitrogens with zero attached hydrogens (tertiary/aromatic N) is 1. The number of carboxylic acids is 1. The molecule has 1 spiro atoms. The lowest BCUT2D eigenvalue weighted by molar-refractivity contribution is -0.160. The van der Waals surface area contributed by atoms with Crippen LogP contribution in [0.3, 0.4) is 0 Å². The Bertz CT molecular complexity index is 348. The Hall–Kier alpha value is -1.10. The van der Waals surface area contributed by atoms with Gasteiger partial charge in [-0.15, -0.1) is 0 Å². The molecule has 1 amide bonds. The van der Waals surface area contributed by atoms with Crippen LogP contribution >= 0.6 is 0 Å². The smallest absolute Gasteiger partial charge is 0.326 e. The van der Waals surface area contributed by atoms with Gasteiger partial charge < -0.3 is 15.3 Å². The third-order valence-corrected chi connectivity index (χ3v) is 4.23. The first kappa shape index (κ1) is 13.3. The van der Waals surface area contributed by atoms with Crippen molar-refractivity contribution in [3.05, 3.63) is 0 Å². The molecule has 2 atom stereocenters. The van der Waals surface area contributed by atoms with E-state index in [9.17, 15) is 14.7 Å². The largest absolute Gasteiger partial charge is 0.480 e. The van der Waals surface area contributed by atoms with Crippen molar-refractivity contribution in [2.45, 2.75) is 39.2 Å². The van der Waals surface area contributed by atoms with E-state index in [1.54, 1.807) is 4.90 Å². The molecule has 0 bridgehead atoms. The van der Waals surface area contributed by atoms with Gasteiger partial charge in [-0.1, -0.05) is 13.8 Å². The maximum absolute atomic E-state index is 12.6. The van der Waals surface area contributed by atoms with Crippen molar-refractivity contribution in [1.82, 2.24) is 10.2 Å². The number of nitrogens with one attached hydrogen (secondary N) is 1. The molecule has 0 aromatic heterocycles. The minimum absolute atomic E-state index is 0.0415. The molecular formula is C13H22N2O3. The second kappa shape index (κ2) is 4.88. The third kappa shape index (κ3) is 2.11. The minimum Gasteiger partial charge on any atom is -0.480 e. The number of likely N-dealkylation sites (tertiary alicyclic amines) is 1. The molecule has 0 radical (unpaired) electrons. The van der Waals surface area contributed by atoms with Crippen LogP contribution in [-0.2, 0) is 9.59 Å². The molecule has 5 heteroatoms. The van der Waals surface area contributed by atoms with Crippen LogP contribution in [0.4, 0.5) is 0 Å². The van der Waals surface area contributed by atoms with Gasteiger partial charge in [0.05, 0.1) is 5.41 Å². The summed E-state index contributed by atoms with van der Waals surface area (Å²) in [5.74, 6) is -0.905. The van der Waals surface area contributed by atoms with Crippen molar-refractivity contribution in [2.75, 3.05) is 19.6 Å². The number of piperidine rings is 1. The SMILES string of the molecule is CC(C)[C@@H](C(=O)O)N1CCCC2(CCNC2)C1=O. The molecule has 0 aromatic carbocycles. The molecule has 5 nitrogen and oxygen atoms in total. The van der Waals surface area contributed by atoms with Gasteiger partial charge in [0.15, 0.2) is 0 Å². The number of hydrogen-bond donors (Lipinski definition) is 2. The van der Waals surface area contributed by atoms with Crippen LogP contribution in [0.25, 0.3) is 0 Å². The maximum Gasteiger partial charge on any atom is 0.326 e. The summed E-state index contributed by atoms with van der Waals surface area (Å²) in [5, 5.41) is 12.6. The maximum atomic E-state index is 12.6. The number of carbonyl (C=O) groups excluding carboxylic acids is 1. The van der Waals surface area contributed by atoms with Crippen LogP contribution in [0.2, 0.25) is 0 Å². The van der Waals surface area contributed by atoms with Crippen LogP contribution in [0.1, 0.15) is 33.1 Å². The van der Waals surface area contributed by atoms with Crippen LogP contribution in [0.15, 0.2) is 0 Å². The molecule has 0 aromatic rings. The van der Waals surface area contributed by atoms with E-state index in [0.717, 1.165) is 25.8 Å². The van der Waals surface area contributed by atoms with Crippen molar-refractivity contribution < 1.29 is 14.7 Å². The fourth-order valence-electron chi connectivity index (χ4n) is 3.28. The number of amides is 1. The monoisotopic (exact) mass is 254 g/mol. The van der Waals surface area contributed by atoms with Gasteiger partial charge in [-0.05, 0) is 31.7 Å². The summed E-state index contributed by atoms with van der Waals surface area (Å²) in [6, 6.07) is -0.685. The topological polar surface area (TPSA) is 69.6 Å². The van der Waals surface area contributed by atoms with Crippen molar-refractivity contribution in [3.63, 3.8) is 0 Å². The predicted molar refractivity (Wildman–Crippen MR) is 67.1 cm³/mol. The minimum atomic E-state index is -0.888. The van der Waals surface area contributed by atoms with Crippen LogP contribution in [0.5, 0.6) is 0 Å². The summed E-state index contributed by atoms with van der Waals surface area (Å²) in [4.78, 5) is 25.6. The van der Waals surface area contributed by atoms with E-state index >= 15 is 0 Å². The lowest BCUT2D eigenvalue weighted by Crippen LogP contribution is -2.57. The predicted octanol–water partition coefficient (Wildman–Crippen LogP) is 0.698. The molecule has 2 N–H and O–H groups in total. The molecule has 0 saturated carbocycles. The van der Waals surface area contributed by atoms with Crippen LogP contribution in [-0.4, -0.2) is 47.6 Å². The molecule has 18 heavy (non-hydrogen) atoms. The van der Waals surface area contributed by atoms with E-state index in [0.29, 0.717) is 13.1 Å². The zero-order valence-electron chi connectivity index (χ0n) is 11.1. The van der Waals surface area contributed by atoms with Gasteiger partial charge >= 0.3 is 5.97 Å². The molecule has 1 unspecified atom stereocenters. The van der Waals surface area contributed by atoms with Crippen molar-refractivity contribution in [2.24, 2.45) is 11.3 Å². The Morgan fingerprint density at radius 3 is 2.67 bits per heavy atom. The molecule has 2 heterocycles. The molecule has 2 aliphatic rings. The number of hydrogen-bond acceptors (Lipinski definition) is 3. The highest BCUT2D eigenvalue weighted by atomic mass is 16.4. The lowest BCUT2D eigenvalue weighted by Gasteiger charge is -2.42. The van der Waals surface area contributed by atoms with E-state index in [1.165, 1.54) is 0 Å². The highest BCUT2D eigenvalue weighted by molar-refractivity contribution is 5.88. The van der Waals surface area contributed by atoms with E-state index in [1.807, 2.05) is 13.8 Å². The van der Waals surface area contributed by atoms with Crippen LogP contribution in [0, 0.1) is 11.3 Å². The summed E-state index contributed by atoms with van der Waals surface area (Å²) < 4.78 is 0. The number of rotatable bonds is 3. The average Bonchev–Trinajstić information content (AvgIpc) is 2.73. The van der Waals surface area contributed by atoms with Crippen molar-refractivity contribution >= 4 is 11.9 Å². The molecule has 2 rings (SSSR count). The zero-order valence-corrected chi connectivity index (χ0v) is 11.1. The number of carboxylic acid groups (broad SMARTS) is 1. The summed E-state index contributed by atoms with van der Waals surface area (Å²) >= 11 is 0. The first-order valence-electron chi connectivity index (χ1n) is 6.72. The van der Waals surface area contributed by atoms with E-state index in [4.69, 9.17) is 0 Å². The third-order valence-electron chi connectivity index (χ3n) is 4.23. The first-order chi connectivity index (χ1) is 8.48. The molecule has 102 valence electrons. The van der Waals surface area contributed by atoms with Gasteiger partial charge in [-0.2, -0.15) is 0 Å². The quantitative estimate of drug-likeness (QED) is 0.778. The second-order valence-electron chi connectivity index (χ2n) is 5.84. The van der Waals surface area contributed by atoms with E-state index < -0.39 is 12.0 Å². The van der Waals surface area contributed by atoms with Gasteiger partial charge in [0, 0.05) is 13.1 Å². The fourth-order valence-corrected chi connectivity index (χ4v) is 3.28. The fraction of sp³-hybridized carbons (Fsp3) is 0.846. The van der Waals surface area contributed by atoms with Gasteiger partial charge in [0.25, 0.3) is 0 Å². The lowest BCUT2D eigenvalue weighted by atomic mass is 9.77. The normalized spacial score (nSPS) is 30.2. The molecule has 2 saturated heterocycles. The molecular weight excluding hydrogens is 232 g/mol. The standard InChI is InChI=1S/C13H22N2O3/c1-9(2)10(11(16)17)15-7-3-4-13(12(15)18)5-6-14-8-13/h9-10,14H,3-8H2,1-2H3,(H,16,17)/t10-,13?/m0/s1. The average molecular weight is 254 g/mol. The highest BCUT2D eigenvalue weighted by Crippen LogP contribution is 2.38. The molecule has 0 aliphatic carbocycles. The van der Waals surface area contributed by atoms with Crippen molar-refractivity contribution in [1.29, 1.82) is 0 Å².